The smallest absolute Gasteiger partial charge is 0.227 e. The van der Waals surface area contributed by atoms with Crippen LogP contribution in [-0.2, 0) is 16.0 Å². The topological polar surface area (TPSA) is 59.0 Å². The van der Waals surface area contributed by atoms with Crippen molar-refractivity contribution in [2.45, 2.75) is 32.5 Å². The van der Waals surface area contributed by atoms with Gasteiger partial charge in [0, 0.05) is 13.1 Å². The minimum atomic E-state index is -0.280. The summed E-state index contributed by atoms with van der Waals surface area (Å²) in [5, 5.41) is 9.20. The molecule has 2 unspecified atom stereocenters. The first-order valence-corrected chi connectivity index (χ1v) is 7.38. The molecule has 1 aliphatic rings. The van der Waals surface area contributed by atoms with Crippen molar-refractivity contribution in [1.82, 2.24) is 4.90 Å². The van der Waals surface area contributed by atoms with Gasteiger partial charge in [0.05, 0.1) is 31.8 Å². The summed E-state index contributed by atoms with van der Waals surface area (Å²) in [5.74, 6) is 0.877. The number of amides is 1. The van der Waals surface area contributed by atoms with Crippen LogP contribution in [0.4, 0.5) is 0 Å². The summed E-state index contributed by atoms with van der Waals surface area (Å²) in [6, 6.07) is 7.59. The fourth-order valence-electron chi connectivity index (χ4n) is 2.51. The number of carbonyl (C=O) groups excluding carboxylic acids is 1. The highest BCUT2D eigenvalue weighted by Gasteiger charge is 2.27. The van der Waals surface area contributed by atoms with Crippen LogP contribution in [0.3, 0.4) is 0 Å². The molecular formula is C16H23NO4. The van der Waals surface area contributed by atoms with E-state index >= 15 is 0 Å². The molecule has 5 nitrogen and oxygen atoms in total. The standard InChI is InChI=1S/C16H23NO4/c1-3-20-14-6-4-13(5-7-14)8-16(19)17-9-12(2)21-15(10-17)11-18/h4-7,12,15,18H,3,8-11H2,1-2H3. The molecule has 0 saturated carbocycles. The molecule has 1 aromatic rings. The number of aliphatic hydroxyl groups excluding tert-OH is 1. The first-order valence-electron chi connectivity index (χ1n) is 7.38. The van der Waals surface area contributed by atoms with Gasteiger partial charge in [0.25, 0.3) is 0 Å². The van der Waals surface area contributed by atoms with Crippen LogP contribution >= 0.6 is 0 Å². The lowest BCUT2D eigenvalue weighted by Gasteiger charge is -2.36. The van der Waals surface area contributed by atoms with Gasteiger partial charge in [0.15, 0.2) is 0 Å². The summed E-state index contributed by atoms with van der Waals surface area (Å²) in [7, 11) is 0. The Labute approximate surface area is 125 Å². The van der Waals surface area contributed by atoms with Crippen molar-refractivity contribution in [2.24, 2.45) is 0 Å². The van der Waals surface area contributed by atoms with Crippen molar-refractivity contribution in [1.29, 1.82) is 0 Å². The molecule has 1 N–H and O–H groups in total. The highest BCUT2D eigenvalue weighted by atomic mass is 16.5. The number of benzene rings is 1. The zero-order chi connectivity index (χ0) is 15.2. The summed E-state index contributed by atoms with van der Waals surface area (Å²) in [6.45, 7) is 5.46. The lowest BCUT2D eigenvalue weighted by molar-refractivity contribution is -0.146. The number of aliphatic hydroxyl groups is 1. The van der Waals surface area contributed by atoms with Crippen LogP contribution in [-0.4, -0.2) is 54.4 Å². The normalized spacial score (nSPS) is 22.1. The summed E-state index contributed by atoms with van der Waals surface area (Å²) < 4.78 is 10.9. The van der Waals surface area contributed by atoms with Crippen LogP contribution in [0, 0.1) is 0 Å². The number of morpholine rings is 1. The second kappa shape index (κ2) is 7.43. The molecule has 1 aliphatic heterocycles. The van der Waals surface area contributed by atoms with Gasteiger partial charge in [-0.2, -0.15) is 0 Å². The minimum Gasteiger partial charge on any atom is -0.494 e. The molecule has 5 heteroatoms. The SMILES string of the molecule is CCOc1ccc(CC(=O)N2CC(C)OC(CO)C2)cc1. The van der Waals surface area contributed by atoms with E-state index in [-0.39, 0.29) is 24.7 Å². The molecule has 1 amide bonds. The monoisotopic (exact) mass is 293 g/mol. The highest BCUT2D eigenvalue weighted by molar-refractivity contribution is 5.79. The van der Waals surface area contributed by atoms with Gasteiger partial charge in [0.1, 0.15) is 5.75 Å². The van der Waals surface area contributed by atoms with Crippen LogP contribution in [0.5, 0.6) is 5.75 Å². The molecule has 2 atom stereocenters. The van der Waals surface area contributed by atoms with Crippen molar-refractivity contribution in [2.75, 3.05) is 26.3 Å². The Morgan fingerprint density at radius 2 is 2.10 bits per heavy atom. The summed E-state index contributed by atoms with van der Waals surface area (Å²) >= 11 is 0. The van der Waals surface area contributed by atoms with E-state index < -0.39 is 0 Å². The zero-order valence-corrected chi connectivity index (χ0v) is 12.6. The van der Waals surface area contributed by atoms with Crippen LogP contribution in [0.15, 0.2) is 24.3 Å². The number of rotatable bonds is 5. The lowest BCUT2D eigenvalue weighted by Crippen LogP contribution is -2.50. The van der Waals surface area contributed by atoms with Gasteiger partial charge >= 0.3 is 0 Å². The third-order valence-electron chi connectivity index (χ3n) is 3.47. The van der Waals surface area contributed by atoms with Crippen LogP contribution in [0.1, 0.15) is 19.4 Å². The average molecular weight is 293 g/mol. The molecule has 2 rings (SSSR count). The predicted octanol–water partition coefficient (Wildman–Crippen LogP) is 1.24. The van der Waals surface area contributed by atoms with Crippen molar-refractivity contribution in [3.63, 3.8) is 0 Å². The quantitative estimate of drug-likeness (QED) is 0.887. The highest BCUT2D eigenvalue weighted by Crippen LogP contribution is 2.15. The van der Waals surface area contributed by atoms with Gasteiger partial charge in [-0.25, -0.2) is 0 Å². The van der Waals surface area contributed by atoms with Crippen LogP contribution < -0.4 is 4.74 Å². The molecular weight excluding hydrogens is 270 g/mol. The molecule has 1 heterocycles. The van der Waals surface area contributed by atoms with Gasteiger partial charge in [-0.15, -0.1) is 0 Å². The molecule has 0 aliphatic carbocycles. The number of carbonyl (C=O) groups is 1. The van der Waals surface area contributed by atoms with Gasteiger partial charge in [-0.1, -0.05) is 12.1 Å². The number of ether oxygens (including phenoxy) is 2. The molecule has 21 heavy (non-hydrogen) atoms. The maximum absolute atomic E-state index is 12.3. The van der Waals surface area contributed by atoms with Gasteiger partial charge in [-0.3, -0.25) is 4.79 Å². The molecule has 116 valence electrons. The Bertz CT molecular complexity index is 460. The Morgan fingerprint density at radius 3 is 2.71 bits per heavy atom. The third kappa shape index (κ3) is 4.44. The second-order valence-corrected chi connectivity index (χ2v) is 5.30. The number of hydrogen-bond donors (Lipinski definition) is 1. The van der Waals surface area contributed by atoms with Crippen LogP contribution in [0.25, 0.3) is 0 Å². The van der Waals surface area contributed by atoms with E-state index in [2.05, 4.69) is 0 Å². The summed E-state index contributed by atoms with van der Waals surface area (Å²) in [4.78, 5) is 14.1. The predicted molar refractivity (Wildman–Crippen MR) is 79.3 cm³/mol. The van der Waals surface area contributed by atoms with Gasteiger partial charge < -0.3 is 19.5 Å². The zero-order valence-electron chi connectivity index (χ0n) is 12.6. The van der Waals surface area contributed by atoms with Crippen molar-refractivity contribution < 1.29 is 19.4 Å². The van der Waals surface area contributed by atoms with Gasteiger partial charge in [0.2, 0.25) is 5.91 Å². The van der Waals surface area contributed by atoms with E-state index in [9.17, 15) is 9.90 Å². The van der Waals surface area contributed by atoms with E-state index in [1.807, 2.05) is 38.1 Å². The summed E-state index contributed by atoms with van der Waals surface area (Å²) in [5.41, 5.74) is 0.961. The maximum atomic E-state index is 12.3. The average Bonchev–Trinajstić information content (AvgIpc) is 2.48. The van der Waals surface area contributed by atoms with Crippen molar-refractivity contribution >= 4 is 5.91 Å². The third-order valence-corrected chi connectivity index (χ3v) is 3.47. The Morgan fingerprint density at radius 1 is 1.38 bits per heavy atom. The molecule has 0 aromatic heterocycles. The van der Waals surface area contributed by atoms with Crippen molar-refractivity contribution in [3.8, 4) is 5.75 Å². The first-order chi connectivity index (χ1) is 10.1. The summed E-state index contributed by atoms with van der Waals surface area (Å²) in [6.07, 6.45) is 0.0373. The molecule has 1 fully saturated rings. The molecule has 0 radical (unpaired) electrons. The molecule has 1 saturated heterocycles. The molecule has 0 bridgehead atoms. The maximum Gasteiger partial charge on any atom is 0.227 e. The van der Waals surface area contributed by atoms with Gasteiger partial charge in [-0.05, 0) is 31.5 Å². The van der Waals surface area contributed by atoms with Crippen molar-refractivity contribution in [3.05, 3.63) is 29.8 Å². The van der Waals surface area contributed by atoms with E-state index in [4.69, 9.17) is 9.47 Å². The number of nitrogens with zero attached hydrogens (tertiary/aromatic N) is 1. The van der Waals surface area contributed by atoms with Crippen LogP contribution in [0.2, 0.25) is 0 Å². The number of hydrogen-bond acceptors (Lipinski definition) is 4. The first kappa shape index (κ1) is 15.8. The fourth-order valence-corrected chi connectivity index (χ4v) is 2.51. The Hall–Kier alpha value is -1.59. The van der Waals surface area contributed by atoms with E-state index in [0.29, 0.717) is 26.1 Å². The minimum absolute atomic E-state index is 0.0415. The Kier molecular flexibility index (Phi) is 5.59. The largest absolute Gasteiger partial charge is 0.494 e. The lowest BCUT2D eigenvalue weighted by atomic mass is 10.1. The van der Waals surface area contributed by atoms with E-state index in [0.717, 1.165) is 11.3 Å². The second-order valence-electron chi connectivity index (χ2n) is 5.30. The molecule has 0 spiro atoms. The van der Waals surface area contributed by atoms with E-state index in [1.54, 1.807) is 4.90 Å². The molecule has 1 aromatic carbocycles. The Balaban J connectivity index is 1.93. The fraction of sp³-hybridized carbons (Fsp3) is 0.562. The van der Waals surface area contributed by atoms with E-state index in [1.165, 1.54) is 0 Å².